The first-order valence-corrected chi connectivity index (χ1v) is 8.25. The summed E-state index contributed by atoms with van der Waals surface area (Å²) in [5.74, 6) is 1.27. The number of benzene rings is 2. The molecule has 0 bridgehead atoms. The molecule has 0 aliphatic rings. The Morgan fingerprint density at radius 2 is 1.65 bits per heavy atom. The Morgan fingerprint density at radius 3 is 2.22 bits per heavy atom. The fourth-order valence-electron chi connectivity index (χ4n) is 1.97. The van der Waals surface area contributed by atoms with Gasteiger partial charge < -0.3 is 14.7 Å². The van der Waals surface area contributed by atoms with Crippen LogP contribution in [0.1, 0.15) is 11.1 Å². The Balaban J connectivity index is 2.33. The van der Waals surface area contributed by atoms with Crippen molar-refractivity contribution >= 4 is 43.6 Å². The molecule has 0 saturated carbocycles. The maximum absolute atomic E-state index is 9.25. The minimum absolute atomic E-state index is 0.458. The molecule has 0 spiro atoms. The highest BCUT2D eigenvalue weighted by Crippen LogP contribution is 2.33. The highest BCUT2D eigenvalue weighted by Gasteiger charge is 2.08. The number of oxime groups is 1. The number of hydrogen-bond donors (Lipinski definition) is 1. The maximum atomic E-state index is 9.25. The van der Waals surface area contributed by atoms with Gasteiger partial charge in [-0.05, 0) is 35.9 Å². The molecule has 2 aromatic carbocycles. The van der Waals surface area contributed by atoms with Crippen molar-refractivity contribution in [1.29, 1.82) is 0 Å². The Hall–Kier alpha value is -1.79. The number of hydrogen-bond acceptors (Lipinski definition) is 4. The molecule has 0 aromatic heterocycles. The first-order valence-electron chi connectivity index (χ1n) is 6.66. The van der Waals surface area contributed by atoms with Crippen molar-refractivity contribution < 1.29 is 14.7 Å². The fraction of sp³-hybridized carbons (Fsp3) is 0.118. The molecule has 0 unspecified atom stereocenters. The van der Waals surface area contributed by atoms with Crippen LogP contribution in [0, 0.1) is 0 Å². The number of halogens is 2. The number of ether oxygens (including phenoxy) is 2. The number of allylic oxidation sites excluding steroid dienone is 1. The molecule has 2 rings (SSSR count). The summed E-state index contributed by atoms with van der Waals surface area (Å²) in [6.07, 6.45) is 3.57. The lowest BCUT2D eigenvalue weighted by atomic mass is 10.1. The molecule has 0 atom stereocenters. The van der Waals surface area contributed by atoms with Gasteiger partial charge in [-0.3, -0.25) is 0 Å². The van der Waals surface area contributed by atoms with Crippen molar-refractivity contribution in [3.63, 3.8) is 0 Å². The molecule has 0 radical (unpaired) electrons. The smallest absolute Gasteiger partial charge is 0.161 e. The molecular weight excluding hydrogens is 426 g/mol. The van der Waals surface area contributed by atoms with E-state index in [1.54, 1.807) is 20.3 Å². The second-order valence-corrected chi connectivity index (χ2v) is 6.32. The van der Waals surface area contributed by atoms with E-state index in [2.05, 4.69) is 37.0 Å². The summed E-state index contributed by atoms with van der Waals surface area (Å²) >= 11 is 6.87. The van der Waals surface area contributed by atoms with Crippen LogP contribution in [0.25, 0.3) is 6.08 Å². The SMILES string of the molecule is COc1cc(Br)c(/C=C/C(=N/O)c2ccc(Br)cc2)cc1OC. The summed E-state index contributed by atoms with van der Waals surface area (Å²) in [5, 5.41) is 12.6. The largest absolute Gasteiger partial charge is 0.493 e. The third kappa shape index (κ3) is 4.36. The molecule has 6 heteroatoms. The zero-order valence-corrected chi connectivity index (χ0v) is 15.8. The second kappa shape index (κ2) is 8.17. The van der Waals surface area contributed by atoms with E-state index in [0.717, 1.165) is 20.1 Å². The van der Waals surface area contributed by atoms with Crippen LogP contribution >= 0.6 is 31.9 Å². The predicted molar refractivity (Wildman–Crippen MR) is 98.7 cm³/mol. The second-order valence-electron chi connectivity index (χ2n) is 4.55. The van der Waals surface area contributed by atoms with Gasteiger partial charge in [0.15, 0.2) is 11.5 Å². The molecule has 0 saturated heterocycles. The highest BCUT2D eigenvalue weighted by atomic mass is 79.9. The quantitative estimate of drug-likeness (QED) is 0.398. The summed E-state index contributed by atoms with van der Waals surface area (Å²) in [6.45, 7) is 0. The van der Waals surface area contributed by atoms with Crippen LogP contribution in [0.15, 0.2) is 56.6 Å². The lowest BCUT2D eigenvalue weighted by Crippen LogP contribution is -1.96. The van der Waals surface area contributed by atoms with Gasteiger partial charge in [0.1, 0.15) is 5.71 Å². The van der Waals surface area contributed by atoms with E-state index in [-0.39, 0.29) is 0 Å². The first kappa shape index (κ1) is 17.6. The molecule has 0 aliphatic carbocycles. The van der Waals surface area contributed by atoms with E-state index in [9.17, 15) is 5.21 Å². The van der Waals surface area contributed by atoms with Gasteiger partial charge >= 0.3 is 0 Å². The van der Waals surface area contributed by atoms with E-state index in [1.807, 2.05) is 42.5 Å². The number of rotatable bonds is 5. The zero-order chi connectivity index (χ0) is 16.8. The monoisotopic (exact) mass is 439 g/mol. The number of methoxy groups -OCH3 is 2. The molecule has 4 nitrogen and oxygen atoms in total. The van der Waals surface area contributed by atoms with Crippen molar-refractivity contribution in [2.24, 2.45) is 5.16 Å². The normalized spacial score (nSPS) is 11.7. The van der Waals surface area contributed by atoms with Gasteiger partial charge in [0.2, 0.25) is 0 Å². The van der Waals surface area contributed by atoms with Crippen LogP contribution in [0.2, 0.25) is 0 Å². The summed E-state index contributed by atoms with van der Waals surface area (Å²) < 4.78 is 12.4. The Labute approximate surface area is 151 Å². The van der Waals surface area contributed by atoms with Crippen molar-refractivity contribution in [2.75, 3.05) is 14.2 Å². The number of nitrogens with zero attached hydrogens (tertiary/aromatic N) is 1. The molecule has 0 heterocycles. The highest BCUT2D eigenvalue weighted by molar-refractivity contribution is 9.10. The van der Waals surface area contributed by atoms with E-state index < -0.39 is 0 Å². The van der Waals surface area contributed by atoms with Crippen LogP contribution in [0.4, 0.5) is 0 Å². The molecule has 23 heavy (non-hydrogen) atoms. The van der Waals surface area contributed by atoms with Crippen molar-refractivity contribution in [1.82, 2.24) is 0 Å². The van der Waals surface area contributed by atoms with Crippen LogP contribution in [-0.2, 0) is 0 Å². The maximum Gasteiger partial charge on any atom is 0.161 e. The summed E-state index contributed by atoms with van der Waals surface area (Å²) in [6, 6.07) is 11.2. The van der Waals surface area contributed by atoms with Crippen LogP contribution in [-0.4, -0.2) is 25.1 Å². The lowest BCUT2D eigenvalue weighted by Gasteiger charge is -2.10. The third-order valence-electron chi connectivity index (χ3n) is 3.17. The van der Waals surface area contributed by atoms with Crippen LogP contribution in [0.3, 0.4) is 0 Å². The van der Waals surface area contributed by atoms with Gasteiger partial charge in [0, 0.05) is 14.5 Å². The van der Waals surface area contributed by atoms with Gasteiger partial charge in [0.25, 0.3) is 0 Å². The Morgan fingerprint density at radius 1 is 1.04 bits per heavy atom. The Kier molecular flexibility index (Phi) is 6.24. The average Bonchev–Trinajstić information content (AvgIpc) is 2.57. The van der Waals surface area contributed by atoms with Gasteiger partial charge in [0.05, 0.1) is 14.2 Å². The fourth-order valence-corrected chi connectivity index (χ4v) is 2.69. The summed E-state index contributed by atoms with van der Waals surface area (Å²) in [7, 11) is 3.17. The first-order chi connectivity index (χ1) is 11.1. The standard InChI is InChI=1S/C17H15Br2NO3/c1-22-16-9-12(14(19)10-17(16)23-2)5-8-15(20-21)11-3-6-13(18)7-4-11/h3-10,21H,1-2H3/b8-5+,20-15-. The van der Waals surface area contributed by atoms with Crippen molar-refractivity contribution in [2.45, 2.75) is 0 Å². The van der Waals surface area contributed by atoms with Gasteiger partial charge in [-0.15, -0.1) is 0 Å². The average molecular weight is 441 g/mol. The molecule has 120 valence electrons. The molecule has 0 fully saturated rings. The van der Waals surface area contributed by atoms with Gasteiger partial charge in [-0.1, -0.05) is 55.2 Å². The minimum Gasteiger partial charge on any atom is -0.493 e. The minimum atomic E-state index is 0.458. The molecule has 1 N–H and O–H groups in total. The van der Waals surface area contributed by atoms with Crippen molar-refractivity contribution in [3.05, 3.63) is 62.5 Å². The van der Waals surface area contributed by atoms with Crippen LogP contribution in [0.5, 0.6) is 11.5 Å². The Bertz CT molecular complexity index is 740. The van der Waals surface area contributed by atoms with Gasteiger partial charge in [-0.2, -0.15) is 0 Å². The molecule has 0 amide bonds. The topological polar surface area (TPSA) is 51.0 Å². The molecule has 0 aliphatic heterocycles. The van der Waals surface area contributed by atoms with E-state index in [4.69, 9.17) is 9.47 Å². The van der Waals surface area contributed by atoms with Crippen LogP contribution < -0.4 is 9.47 Å². The van der Waals surface area contributed by atoms with Crippen molar-refractivity contribution in [3.8, 4) is 11.5 Å². The summed E-state index contributed by atoms with van der Waals surface area (Å²) in [5.41, 5.74) is 2.14. The third-order valence-corrected chi connectivity index (χ3v) is 4.39. The van der Waals surface area contributed by atoms with E-state index >= 15 is 0 Å². The van der Waals surface area contributed by atoms with E-state index in [0.29, 0.717) is 17.2 Å². The predicted octanol–water partition coefficient (Wildman–Crippen LogP) is 5.12. The van der Waals surface area contributed by atoms with Gasteiger partial charge in [-0.25, -0.2) is 0 Å². The zero-order valence-electron chi connectivity index (χ0n) is 12.6. The lowest BCUT2D eigenvalue weighted by molar-refractivity contribution is 0.320. The molecule has 2 aromatic rings. The molecular formula is C17H15Br2NO3. The van der Waals surface area contributed by atoms with E-state index in [1.165, 1.54) is 0 Å². The summed E-state index contributed by atoms with van der Waals surface area (Å²) in [4.78, 5) is 0.